The van der Waals surface area contributed by atoms with E-state index in [9.17, 15) is 13.2 Å². The van der Waals surface area contributed by atoms with Gasteiger partial charge in [-0.15, -0.1) is 0 Å². The number of sulfonamides is 1. The van der Waals surface area contributed by atoms with E-state index in [4.69, 9.17) is 5.14 Å². The lowest BCUT2D eigenvalue weighted by Crippen LogP contribution is -2.15. The Balaban J connectivity index is 1.76. The standard InChI is InChI=1S/C17H17N3O3S/c1-20-11-12(15-4-2-3-5-16(15)20)10-17(21)19-13-6-8-14(9-7-13)24(18,22)23/h2-9,11H,10H2,1H3,(H,19,21)(H2,18,22,23). The number of nitrogens with zero attached hydrogens (tertiary/aromatic N) is 1. The average Bonchev–Trinajstić information content (AvgIpc) is 2.83. The maximum Gasteiger partial charge on any atom is 0.238 e. The summed E-state index contributed by atoms with van der Waals surface area (Å²) in [6.45, 7) is 0. The number of primary sulfonamides is 1. The summed E-state index contributed by atoms with van der Waals surface area (Å²) < 4.78 is 24.4. The first-order valence-electron chi connectivity index (χ1n) is 7.30. The van der Waals surface area contributed by atoms with Crippen molar-refractivity contribution < 1.29 is 13.2 Å². The van der Waals surface area contributed by atoms with Gasteiger partial charge in [0.15, 0.2) is 0 Å². The van der Waals surface area contributed by atoms with Crippen molar-refractivity contribution in [1.82, 2.24) is 4.57 Å². The third-order valence-electron chi connectivity index (χ3n) is 3.80. The molecule has 1 amide bonds. The monoisotopic (exact) mass is 343 g/mol. The summed E-state index contributed by atoms with van der Waals surface area (Å²) in [5.41, 5.74) is 2.53. The van der Waals surface area contributed by atoms with Crippen molar-refractivity contribution in [3.8, 4) is 0 Å². The van der Waals surface area contributed by atoms with Crippen molar-refractivity contribution in [2.45, 2.75) is 11.3 Å². The van der Waals surface area contributed by atoms with Crippen LogP contribution in [0.2, 0.25) is 0 Å². The number of hydrogen-bond donors (Lipinski definition) is 2. The summed E-state index contributed by atoms with van der Waals surface area (Å²) in [6.07, 6.45) is 2.17. The van der Waals surface area contributed by atoms with Crippen molar-refractivity contribution in [3.63, 3.8) is 0 Å². The fourth-order valence-corrected chi connectivity index (χ4v) is 3.19. The van der Waals surface area contributed by atoms with E-state index in [1.807, 2.05) is 42.1 Å². The number of nitrogens with two attached hydrogens (primary N) is 1. The van der Waals surface area contributed by atoms with Gasteiger partial charge < -0.3 is 9.88 Å². The molecule has 0 bridgehead atoms. The molecule has 6 nitrogen and oxygen atoms in total. The smallest absolute Gasteiger partial charge is 0.238 e. The molecular formula is C17H17N3O3S. The highest BCUT2D eigenvalue weighted by Gasteiger charge is 2.11. The molecule has 124 valence electrons. The van der Waals surface area contributed by atoms with Crippen LogP contribution in [0.1, 0.15) is 5.56 Å². The number of carbonyl (C=O) groups is 1. The summed E-state index contributed by atoms with van der Waals surface area (Å²) in [6, 6.07) is 13.6. The van der Waals surface area contributed by atoms with Crippen LogP contribution in [0.3, 0.4) is 0 Å². The van der Waals surface area contributed by atoms with E-state index >= 15 is 0 Å². The minimum Gasteiger partial charge on any atom is -0.350 e. The Morgan fingerprint density at radius 2 is 1.79 bits per heavy atom. The Hall–Kier alpha value is -2.64. The van der Waals surface area contributed by atoms with Crippen molar-refractivity contribution in [1.29, 1.82) is 0 Å². The minimum absolute atomic E-state index is 0.00884. The molecule has 1 heterocycles. The van der Waals surface area contributed by atoms with Gasteiger partial charge >= 0.3 is 0 Å². The molecule has 0 saturated carbocycles. The molecule has 3 N–H and O–H groups in total. The SMILES string of the molecule is Cn1cc(CC(=O)Nc2ccc(S(N)(=O)=O)cc2)c2ccccc21. The van der Waals surface area contributed by atoms with Gasteiger partial charge in [-0.3, -0.25) is 4.79 Å². The number of anilines is 1. The summed E-state index contributed by atoms with van der Waals surface area (Å²) in [4.78, 5) is 12.3. The lowest BCUT2D eigenvalue weighted by molar-refractivity contribution is -0.115. The van der Waals surface area contributed by atoms with Gasteiger partial charge in [0.1, 0.15) is 0 Å². The lowest BCUT2D eigenvalue weighted by atomic mass is 10.1. The van der Waals surface area contributed by atoms with E-state index < -0.39 is 10.0 Å². The number of rotatable bonds is 4. The zero-order chi connectivity index (χ0) is 17.3. The van der Waals surface area contributed by atoms with Crippen LogP contribution in [0.15, 0.2) is 59.6 Å². The minimum atomic E-state index is -3.73. The van der Waals surface area contributed by atoms with Crippen molar-refractivity contribution >= 4 is 32.5 Å². The van der Waals surface area contributed by atoms with Gasteiger partial charge in [-0.25, -0.2) is 13.6 Å². The maximum absolute atomic E-state index is 12.3. The predicted molar refractivity (Wildman–Crippen MR) is 93.1 cm³/mol. The van der Waals surface area contributed by atoms with Gasteiger partial charge in [0.05, 0.1) is 11.3 Å². The van der Waals surface area contributed by atoms with Crippen LogP contribution in [0.4, 0.5) is 5.69 Å². The highest BCUT2D eigenvalue weighted by Crippen LogP contribution is 2.21. The van der Waals surface area contributed by atoms with E-state index in [1.165, 1.54) is 24.3 Å². The second-order valence-electron chi connectivity index (χ2n) is 5.58. The Kier molecular flexibility index (Phi) is 4.13. The molecular weight excluding hydrogens is 326 g/mol. The molecule has 1 aromatic heterocycles. The normalized spacial score (nSPS) is 11.6. The molecule has 24 heavy (non-hydrogen) atoms. The number of carbonyl (C=O) groups excluding carboxylic acids is 1. The Morgan fingerprint density at radius 1 is 1.12 bits per heavy atom. The molecule has 0 saturated heterocycles. The molecule has 0 fully saturated rings. The van der Waals surface area contributed by atoms with Crippen LogP contribution in [-0.4, -0.2) is 18.9 Å². The fourth-order valence-electron chi connectivity index (χ4n) is 2.67. The van der Waals surface area contributed by atoms with Crippen molar-refractivity contribution in [3.05, 3.63) is 60.3 Å². The first-order chi connectivity index (χ1) is 11.3. The molecule has 3 aromatic rings. The molecule has 0 atom stereocenters. The Bertz CT molecular complexity index is 1010. The van der Waals surface area contributed by atoms with E-state index in [2.05, 4.69) is 5.32 Å². The molecule has 0 unspecified atom stereocenters. The van der Waals surface area contributed by atoms with E-state index in [-0.39, 0.29) is 17.2 Å². The van der Waals surface area contributed by atoms with Crippen LogP contribution in [-0.2, 0) is 28.3 Å². The molecule has 7 heteroatoms. The summed E-state index contributed by atoms with van der Waals surface area (Å²) in [7, 11) is -1.79. The number of para-hydroxylation sites is 1. The Morgan fingerprint density at radius 3 is 2.46 bits per heavy atom. The van der Waals surface area contributed by atoms with Crippen LogP contribution in [0, 0.1) is 0 Å². The predicted octanol–water partition coefficient (Wildman–Crippen LogP) is 2.01. The second-order valence-corrected chi connectivity index (χ2v) is 7.14. The number of nitrogens with one attached hydrogen (secondary N) is 1. The van der Waals surface area contributed by atoms with E-state index in [0.717, 1.165) is 16.5 Å². The quantitative estimate of drug-likeness (QED) is 0.759. The number of benzene rings is 2. The molecule has 2 aromatic carbocycles. The highest BCUT2D eigenvalue weighted by atomic mass is 32.2. The molecule has 0 aliphatic carbocycles. The van der Waals surface area contributed by atoms with Crippen LogP contribution >= 0.6 is 0 Å². The van der Waals surface area contributed by atoms with Crippen molar-refractivity contribution in [2.24, 2.45) is 12.2 Å². The molecule has 0 aliphatic rings. The lowest BCUT2D eigenvalue weighted by Gasteiger charge is -2.06. The Labute approximate surface area is 139 Å². The molecule has 3 rings (SSSR count). The topological polar surface area (TPSA) is 94.2 Å². The van der Waals surface area contributed by atoms with Crippen molar-refractivity contribution in [2.75, 3.05) is 5.32 Å². The van der Waals surface area contributed by atoms with E-state index in [0.29, 0.717) is 5.69 Å². The summed E-state index contributed by atoms with van der Waals surface area (Å²) in [5, 5.41) is 8.85. The number of aryl methyl sites for hydroxylation is 1. The average molecular weight is 343 g/mol. The number of hydrogen-bond acceptors (Lipinski definition) is 3. The molecule has 0 aliphatic heterocycles. The van der Waals surface area contributed by atoms with Gasteiger partial charge in [0.25, 0.3) is 0 Å². The molecule has 0 radical (unpaired) electrons. The number of amides is 1. The van der Waals surface area contributed by atoms with Gasteiger partial charge in [-0.2, -0.15) is 0 Å². The van der Waals surface area contributed by atoms with Gasteiger partial charge in [0.2, 0.25) is 15.9 Å². The van der Waals surface area contributed by atoms with Crippen LogP contribution < -0.4 is 10.5 Å². The number of fused-ring (bicyclic) bond motifs is 1. The first kappa shape index (κ1) is 16.2. The maximum atomic E-state index is 12.3. The zero-order valence-electron chi connectivity index (χ0n) is 13.1. The fraction of sp³-hybridized carbons (Fsp3) is 0.118. The van der Waals surface area contributed by atoms with Gasteiger partial charge in [-0.1, -0.05) is 18.2 Å². The molecule has 0 spiro atoms. The van der Waals surface area contributed by atoms with Crippen LogP contribution in [0.25, 0.3) is 10.9 Å². The largest absolute Gasteiger partial charge is 0.350 e. The zero-order valence-corrected chi connectivity index (χ0v) is 13.9. The summed E-state index contributed by atoms with van der Waals surface area (Å²) in [5.74, 6) is -0.172. The third kappa shape index (κ3) is 3.32. The second kappa shape index (κ2) is 6.10. The van der Waals surface area contributed by atoms with Gasteiger partial charge in [0, 0.05) is 29.8 Å². The van der Waals surface area contributed by atoms with Crippen LogP contribution in [0.5, 0.6) is 0 Å². The summed E-state index contributed by atoms with van der Waals surface area (Å²) >= 11 is 0. The first-order valence-corrected chi connectivity index (χ1v) is 8.85. The third-order valence-corrected chi connectivity index (χ3v) is 4.73. The van der Waals surface area contributed by atoms with E-state index in [1.54, 1.807) is 0 Å². The van der Waals surface area contributed by atoms with Gasteiger partial charge in [-0.05, 0) is 35.9 Å². The number of aromatic nitrogens is 1. The highest BCUT2D eigenvalue weighted by molar-refractivity contribution is 7.89.